The number of aromatic nitrogens is 1. The predicted octanol–water partition coefficient (Wildman–Crippen LogP) is 13.8. The van der Waals surface area contributed by atoms with Gasteiger partial charge in [-0.3, -0.25) is 4.98 Å². The van der Waals surface area contributed by atoms with Crippen LogP contribution in [-0.4, -0.2) is 23.5 Å². The topological polar surface area (TPSA) is 22.6 Å². The summed E-state index contributed by atoms with van der Waals surface area (Å²) in [5.41, 5.74) is 14.2. The minimum atomic E-state index is 0.828. The van der Waals surface area contributed by atoms with Crippen molar-refractivity contribution in [1.82, 2.24) is 9.88 Å². The molecule has 2 aliphatic rings. The molecule has 5 heteroatoms. The lowest BCUT2D eigenvalue weighted by molar-refractivity contribution is 0.487. The Hall–Kier alpha value is -6.69. The molecule has 3 heterocycles. The highest BCUT2D eigenvalue weighted by Crippen LogP contribution is 2.40. The van der Waals surface area contributed by atoms with Crippen LogP contribution in [0.3, 0.4) is 0 Å². The zero-order valence-corrected chi connectivity index (χ0v) is 32.2. The number of pyridine rings is 1. The van der Waals surface area contributed by atoms with Crippen molar-refractivity contribution in [2.75, 3.05) is 23.4 Å². The lowest BCUT2D eigenvalue weighted by atomic mass is 9.97. The van der Waals surface area contributed by atoms with E-state index < -0.39 is 0 Å². The van der Waals surface area contributed by atoms with Crippen LogP contribution in [0.15, 0.2) is 206 Å². The van der Waals surface area contributed by atoms with Gasteiger partial charge in [-0.25, -0.2) is 0 Å². The first-order valence-corrected chi connectivity index (χ1v) is 20.0. The molecule has 0 unspecified atom stereocenters. The van der Waals surface area contributed by atoms with Crippen LogP contribution in [0, 0.1) is 0 Å². The van der Waals surface area contributed by atoms with E-state index in [1.165, 1.54) is 48.8 Å². The second kappa shape index (κ2) is 16.0. The van der Waals surface area contributed by atoms with E-state index in [4.69, 9.17) is 0 Å². The summed E-state index contributed by atoms with van der Waals surface area (Å²) in [6.45, 7) is 0.828. The maximum atomic E-state index is 4.45. The van der Waals surface area contributed by atoms with Gasteiger partial charge in [-0.05, 0) is 137 Å². The Labute approximate surface area is 334 Å². The minimum Gasteiger partial charge on any atom is -0.375 e. The van der Waals surface area contributed by atoms with Gasteiger partial charge in [0.05, 0.1) is 18.4 Å². The third kappa shape index (κ3) is 7.50. The van der Waals surface area contributed by atoms with Gasteiger partial charge < -0.3 is 14.7 Å². The second-order valence-corrected chi connectivity index (χ2v) is 15.3. The van der Waals surface area contributed by atoms with Crippen molar-refractivity contribution in [2.45, 2.75) is 12.8 Å². The van der Waals surface area contributed by atoms with Crippen LogP contribution in [0.1, 0.15) is 18.4 Å². The summed E-state index contributed by atoms with van der Waals surface area (Å²) in [6.07, 6.45) is 19.0. The van der Waals surface area contributed by atoms with E-state index in [1.807, 2.05) is 29.8 Å². The van der Waals surface area contributed by atoms with Crippen LogP contribution in [0.2, 0.25) is 0 Å². The molecule has 9 rings (SSSR count). The number of rotatable bonds is 10. The zero-order valence-electron chi connectivity index (χ0n) is 31.4. The van der Waals surface area contributed by atoms with Gasteiger partial charge in [0.1, 0.15) is 0 Å². The Balaban J connectivity index is 0.959. The molecular formula is C51H42N4S. The Kier molecular flexibility index (Phi) is 9.99. The molecule has 0 radical (unpaired) electrons. The third-order valence-corrected chi connectivity index (χ3v) is 11.6. The van der Waals surface area contributed by atoms with Crippen molar-refractivity contribution in [2.24, 2.45) is 0 Å². The van der Waals surface area contributed by atoms with E-state index in [1.54, 1.807) is 0 Å². The first-order valence-electron chi connectivity index (χ1n) is 19.2. The quantitative estimate of drug-likeness (QED) is 0.139. The fraction of sp³-hybridized carbons (Fsp3) is 0.0784. The molecule has 0 saturated carbocycles. The standard InChI is InChI=1S/C51H42N4S/c1-53-35-9-15-49(37-53)55(46-26-18-41(19-27-46)39-12-6-3-7-13-39)47-30-22-43(23-31-47)51-33-32-50(56-51)42-20-28-45(29-21-42)54(48-14-8-34-52-36-48)44-24-16-40(17-25-44)38-10-4-2-5-11-38/h2-4,6-10,12-36H,5,11,37H2,1H3. The lowest BCUT2D eigenvalue weighted by Gasteiger charge is -2.32. The maximum absolute atomic E-state index is 4.45. The Morgan fingerprint density at radius 2 is 1.09 bits per heavy atom. The summed E-state index contributed by atoms with van der Waals surface area (Å²) < 4.78 is 0. The molecule has 0 saturated heterocycles. The van der Waals surface area contributed by atoms with E-state index in [0.29, 0.717) is 0 Å². The molecular weight excluding hydrogens is 701 g/mol. The zero-order chi connectivity index (χ0) is 37.7. The Bertz CT molecular complexity index is 2530. The highest BCUT2D eigenvalue weighted by atomic mass is 32.1. The maximum Gasteiger partial charge on any atom is 0.0644 e. The number of benzene rings is 5. The number of nitrogens with zero attached hydrogens (tertiary/aromatic N) is 4. The number of anilines is 5. The molecule has 0 fully saturated rings. The van der Waals surface area contributed by atoms with Crippen molar-refractivity contribution in [3.05, 3.63) is 212 Å². The van der Waals surface area contributed by atoms with Gasteiger partial charge in [0.25, 0.3) is 0 Å². The van der Waals surface area contributed by atoms with Gasteiger partial charge in [-0.1, -0.05) is 97.1 Å². The third-order valence-electron chi connectivity index (χ3n) is 10.4. The average molecular weight is 743 g/mol. The summed E-state index contributed by atoms with van der Waals surface area (Å²) in [6, 6.07) is 54.8. The number of allylic oxidation sites excluding steroid dienone is 6. The van der Waals surface area contributed by atoms with Crippen molar-refractivity contribution in [1.29, 1.82) is 0 Å². The predicted molar refractivity (Wildman–Crippen MR) is 238 cm³/mol. The normalized spacial score (nSPS) is 13.6. The van der Waals surface area contributed by atoms with Crippen LogP contribution in [0.4, 0.5) is 28.4 Å². The smallest absolute Gasteiger partial charge is 0.0644 e. The van der Waals surface area contributed by atoms with Crippen LogP contribution in [-0.2, 0) is 0 Å². The highest BCUT2D eigenvalue weighted by Gasteiger charge is 2.19. The summed E-state index contributed by atoms with van der Waals surface area (Å²) in [5.74, 6) is 0. The van der Waals surface area contributed by atoms with Crippen molar-refractivity contribution >= 4 is 45.3 Å². The molecule has 0 amide bonds. The van der Waals surface area contributed by atoms with Crippen LogP contribution >= 0.6 is 11.3 Å². The van der Waals surface area contributed by atoms with Crippen LogP contribution in [0.5, 0.6) is 0 Å². The van der Waals surface area contributed by atoms with E-state index in [0.717, 1.165) is 47.8 Å². The molecule has 5 aromatic carbocycles. The molecule has 56 heavy (non-hydrogen) atoms. The summed E-state index contributed by atoms with van der Waals surface area (Å²) in [7, 11) is 2.12. The molecule has 0 spiro atoms. The monoisotopic (exact) mass is 742 g/mol. The molecule has 1 aliphatic heterocycles. The highest BCUT2D eigenvalue weighted by molar-refractivity contribution is 7.18. The first-order chi connectivity index (χ1) is 27.7. The number of likely N-dealkylation sites (N-methyl/N-ethyl adjacent to an activating group) is 1. The van der Waals surface area contributed by atoms with E-state index >= 15 is 0 Å². The lowest BCUT2D eigenvalue weighted by Crippen LogP contribution is -2.27. The SMILES string of the molecule is CN1C=CC=C(N(c2ccc(-c3ccccc3)cc2)c2ccc(-c3ccc(-c4ccc(N(c5ccc(C6=CC=CCC6)cc5)c5cccnc5)cc4)s3)cc2)C1. The number of hydrogen-bond acceptors (Lipinski definition) is 5. The van der Waals surface area contributed by atoms with Gasteiger partial charge in [0, 0.05) is 51.4 Å². The fourth-order valence-electron chi connectivity index (χ4n) is 7.52. The minimum absolute atomic E-state index is 0.828. The average Bonchev–Trinajstić information content (AvgIpc) is 3.77. The Morgan fingerprint density at radius 3 is 1.64 bits per heavy atom. The molecule has 0 atom stereocenters. The number of hydrogen-bond donors (Lipinski definition) is 0. The number of thiophene rings is 1. The largest absolute Gasteiger partial charge is 0.375 e. The fourth-order valence-corrected chi connectivity index (χ4v) is 8.54. The molecule has 7 aromatic rings. The Morgan fingerprint density at radius 1 is 0.518 bits per heavy atom. The van der Waals surface area contributed by atoms with Gasteiger partial charge in [0.15, 0.2) is 0 Å². The summed E-state index contributed by atoms with van der Waals surface area (Å²) in [4.78, 5) is 13.8. The molecule has 0 N–H and O–H groups in total. The van der Waals surface area contributed by atoms with E-state index in [-0.39, 0.29) is 0 Å². The first kappa shape index (κ1) is 35.0. The molecule has 4 nitrogen and oxygen atoms in total. The van der Waals surface area contributed by atoms with Gasteiger partial charge in [-0.15, -0.1) is 11.3 Å². The van der Waals surface area contributed by atoms with Crippen molar-refractivity contribution in [3.63, 3.8) is 0 Å². The van der Waals surface area contributed by atoms with Gasteiger partial charge >= 0.3 is 0 Å². The molecule has 272 valence electrons. The summed E-state index contributed by atoms with van der Waals surface area (Å²) >= 11 is 1.83. The van der Waals surface area contributed by atoms with Crippen LogP contribution < -0.4 is 9.80 Å². The van der Waals surface area contributed by atoms with Gasteiger partial charge in [-0.2, -0.15) is 0 Å². The molecule has 0 bridgehead atoms. The summed E-state index contributed by atoms with van der Waals surface area (Å²) in [5, 5.41) is 0. The van der Waals surface area contributed by atoms with E-state index in [9.17, 15) is 0 Å². The van der Waals surface area contributed by atoms with Crippen molar-refractivity contribution in [3.8, 4) is 32.0 Å². The van der Waals surface area contributed by atoms with Gasteiger partial charge in [0.2, 0.25) is 0 Å². The van der Waals surface area contributed by atoms with Crippen molar-refractivity contribution < 1.29 is 0 Å². The molecule has 1 aliphatic carbocycles. The van der Waals surface area contributed by atoms with Crippen LogP contribution in [0.25, 0.3) is 37.6 Å². The van der Waals surface area contributed by atoms with E-state index in [2.05, 4.69) is 209 Å². The molecule has 2 aromatic heterocycles. The second-order valence-electron chi connectivity index (χ2n) is 14.2.